The lowest BCUT2D eigenvalue weighted by Crippen LogP contribution is -2.50. The monoisotopic (exact) mass is 432 g/mol. The second kappa shape index (κ2) is 12.4. The van der Waals surface area contributed by atoms with E-state index in [1.54, 1.807) is 0 Å². The third kappa shape index (κ3) is 8.19. The van der Waals surface area contributed by atoms with Crippen LogP contribution in [0.5, 0.6) is 0 Å². The smallest absolute Gasteiger partial charge is 0.426 e. The summed E-state index contributed by atoms with van der Waals surface area (Å²) in [6.45, 7) is 0.492. The van der Waals surface area contributed by atoms with E-state index in [1.165, 1.54) is 0 Å². The Hall–Kier alpha value is -4.33. The normalized spacial score (nSPS) is 10.7. The van der Waals surface area contributed by atoms with Crippen LogP contribution in [0.2, 0.25) is 0 Å². The van der Waals surface area contributed by atoms with Crippen LogP contribution in [-0.2, 0) is 29.2 Å². The van der Waals surface area contributed by atoms with Gasteiger partial charge in [0.15, 0.2) is 0 Å². The zero-order valence-electron chi connectivity index (χ0n) is 17.4. The topological polar surface area (TPSA) is 101 Å². The van der Waals surface area contributed by atoms with Crippen molar-refractivity contribution in [3.05, 3.63) is 108 Å². The van der Waals surface area contributed by atoms with E-state index in [9.17, 15) is 9.59 Å². The van der Waals surface area contributed by atoms with Crippen LogP contribution in [-0.4, -0.2) is 18.1 Å². The van der Waals surface area contributed by atoms with Gasteiger partial charge in [-0.1, -0.05) is 91.0 Å². The van der Waals surface area contributed by atoms with Crippen LogP contribution < -0.4 is 16.2 Å². The van der Waals surface area contributed by atoms with Crippen molar-refractivity contribution in [3.63, 3.8) is 0 Å². The van der Waals surface area contributed by atoms with Crippen LogP contribution in [0.15, 0.2) is 96.0 Å². The van der Waals surface area contributed by atoms with Gasteiger partial charge in [0.05, 0.1) is 6.54 Å². The fourth-order valence-electron chi connectivity index (χ4n) is 2.59. The molecule has 0 aliphatic heterocycles. The predicted molar refractivity (Wildman–Crippen MR) is 120 cm³/mol. The van der Waals surface area contributed by atoms with E-state index in [2.05, 4.69) is 21.2 Å². The van der Waals surface area contributed by atoms with Crippen LogP contribution in [0.4, 0.5) is 9.59 Å². The molecular weight excluding hydrogens is 408 g/mol. The Morgan fingerprint density at radius 2 is 1.09 bits per heavy atom. The lowest BCUT2D eigenvalue weighted by Gasteiger charge is -2.13. The highest BCUT2D eigenvalue weighted by molar-refractivity contribution is 5.94. The van der Waals surface area contributed by atoms with Crippen LogP contribution in [0.3, 0.4) is 0 Å². The minimum Gasteiger partial charge on any atom is -0.444 e. The standard InChI is InChI=1S/C24H24N4O4/c29-23(31-17-20-12-6-2-7-13-20)26-22(25-16-19-10-4-1-5-11-19)27-28-24(30)32-18-21-14-8-3-9-15-21/h1-15H,16-18H2,(H,28,30)(H2,25,26,27,29). The first-order chi connectivity index (χ1) is 15.7. The maximum Gasteiger partial charge on any atom is 0.426 e. The highest BCUT2D eigenvalue weighted by Crippen LogP contribution is 2.02. The summed E-state index contributed by atoms with van der Waals surface area (Å²) in [4.78, 5) is 28.5. The number of ether oxygens (including phenoxy) is 2. The lowest BCUT2D eigenvalue weighted by molar-refractivity contribution is 0.136. The largest absolute Gasteiger partial charge is 0.444 e. The summed E-state index contributed by atoms with van der Waals surface area (Å²) in [5.41, 5.74) is 7.55. The van der Waals surface area contributed by atoms with Crippen LogP contribution >= 0.6 is 0 Å². The zero-order chi connectivity index (χ0) is 22.4. The summed E-state index contributed by atoms with van der Waals surface area (Å²) in [7, 11) is 0. The predicted octanol–water partition coefficient (Wildman–Crippen LogP) is 3.90. The van der Waals surface area contributed by atoms with Gasteiger partial charge < -0.3 is 9.47 Å². The van der Waals surface area contributed by atoms with E-state index in [0.717, 1.165) is 16.7 Å². The average molecular weight is 432 g/mol. The van der Waals surface area contributed by atoms with Crippen molar-refractivity contribution in [3.8, 4) is 0 Å². The number of carbonyl (C=O) groups excluding carboxylic acids is 2. The van der Waals surface area contributed by atoms with Crippen LogP contribution in [0.25, 0.3) is 0 Å². The first-order valence-corrected chi connectivity index (χ1v) is 9.98. The Bertz CT molecular complexity index is 1010. The molecule has 3 rings (SSSR count). The van der Waals surface area contributed by atoms with Gasteiger partial charge in [-0.2, -0.15) is 0 Å². The molecule has 0 aliphatic rings. The number of nitrogens with zero attached hydrogens (tertiary/aromatic N) is 1. The van der Waals surface area contributed by atoms with Crippen molar-refractivity contribution in [2.75, 3.05) is 0 Å². The number of amides is 2. The van der Waals surface area contributed by atoms with E-state index in [-0.39, 0.29) is 25.7 Å². The first kappa shape index (κ1) is 22.4. The highest BCUT2D eigenvalue weighted by atomic mass is 16.6. The highest BCUT2D eigenvalue weighted by Gasteiger charge is 2.10. The van der Waals surface area contributed by atoms with Crippen molar-refractivity contribution >= 4 is 18.1 Å². The SMILES string of the molecule is O=C(NNC(=NCc1ccccc1)NC(=O)OCc1ccccc1)OCc1ccccc1. The fraction of sp³-hybridized carbons (Fsp3) is 0.125. The second-order valence-electron chi connectivity index (χ2n) is 6.65. The molecule has 0 spiro atoms. The van der Waals surface area contributed by atoms with E-state index in [0.29, 0.717) is 0 Å². The molecule has 32 heavy (non-hydrogen) atoms. The third-order valence-electron chi connectivity index (χ3n) is 4.19. The van der Waals surface area contributed by atoms with Crippen molar-refractivity contribution in [2.24, 2.45) is 4.99 Å². The maximum atomic E-state index is 12.2. The number of nitrogens with one attached hydrogen (secondary N) is 3. The molecule has 3 aromatic carbocycles. The van der Waals surface area contributed by atoms with Crippen LogP contribution in [0, 0.1) is 0 Å². The summed E-state index contributed by atoms with van der Waals surface area (Å²) < 4.78 is 10.3. The number of hydrazine groups is 1. The number of hydrogen-bond donors (Lipinski definition) is 3. The Balaban J connectivity index is 1.53. The third-order valence-corrected chi connectivity index (χ3v) is 4.19. The molecule has 2 amide bonds. The molecule has 0 aromatic heterocycles. The molecule has 0 aliphatic carbocycles. The number of rotatable bonds is 6. The Morgan fingerprint density at radius 3 is 1.62 bits per heavy atom. The Labute approximate surface area is 186 Å². The van der Waals surface area contributed by atoms with Crippen molar-refractivity contribution in [1.29, 1.82) is 0 Å². The van der Waals surface area contributed by atoms with Crippen molar-refractivity contribution < 1.29 is 19.1 Å². The molecule has 8 nitrogen and oxygen atoms in total. The molecule has 0 saturated carbocycles. The summed E-state index contributed by atoms with van der Waals surface area (Å²) in [6, 6.07) is 28.0. The zero-order valence-corrected chi connectivity index (χ0v) is 17.4. The number of alkyl carbamates (subject to hydrolysis) is 1. The van der Waals surface area contributed by atoms with Gasteiger partial charge in [0, 0.05) is 0 Å². The van der Waals surface area contributed by atoms with Crippen molar-refractivity contribution in [1.82, 2.24) is 16.2 Å². The first-order valence-electron chi connectivity index (χ1n) is 9.98. The molecule has 0 saturated heterocycles. The number of aliphatic imine (C=N–C) groups is 1. The summed E-state index contributed by atoms with van der Waals surface area (Å²) in [6.07, 6.45) is -1.44. The van der Waals surface area contributed by atoms with Gasteiger partial charge in [-0.3, -0.25) is 10.7 Å². The minimum absolute atomic E-state index is 0.0172. The number of guanidine groups is 1. The number of carbonyl (C=O) groups is 2. The van der Waals surface area contributed by atoms with E-state index >= 15 is 0 Å². The lowest BCUT2D eigenvalue weighted by atomic mass is 10.2. The molecule has 8 heteroatoms. The summed E-state index contributed by atoms with van der Waals surface area (Å²) >= 11 is 0. The van der Waals surface area contributed by atoms with E-state index < -0.39 is 12.2 Å². The van der Waals surface area contributed by atoms with Gasteiger partial charge in [0.1, 0.15) is 13.2 Å². The summed E-state index contributed by atoms with van der Waals surface area (Å²) in [5, 5.41) is 2.49. The minimum atomic E-state index is -0.722. The molecule has 0 atom stereocenters. The quantitative estimate of drug-likeness (QED) is 0.312. The molecule has 0 radical (unpaired) electrons. The molecule has 0 unspecified atom stereocenters. The molecule has 0 fully saturated rings. The molecule has 3 N–H and O–H groups in total. The van der Waals surface area contributed by atoms with Crippen LogP contribution in [0.1, 0.15) is 16.7 Å². The molecule has 164 valence electrons. The van der Waals surface area contributed by atoms with Gasteiger partial charge in [-0.25, -0.2) is 20.0 Å². The molecular formula is C24H24N4O4. The number of benzene rings is 3. The maximum absolute atomic E-state index is 12.2. The molecule has 0 bridgehead atoms. The van der Waals surface area contributed by atoms with E-state index in [4.69, 9.17) is 9.47 Å². The number of hydrogen-bond acceptors (Lipinski definition) is 5. The van der Waals surface area contributed by atoms with Gasteiger partial charge in [-0.15, -0.1) is 0 Å². The average Bonchev–Trinajstić information content (AvgIpc) is 2.85. The van der Waals surface area contributed by atoms with Gasteiger partial charge >= 0.3 is 12.2 Å². The molecule has 0 heterocycles. The molecule has 3 aromatic rings. The second-order valence-corrected chi connectivity index (χ2v) is 6.65. The van der Waals surface area contributed by atoms with Gasteiger partial charge in [0.2, 0.25) is 5.96 Å². The summed E-state index contributed by atoms with van der Waals surface area (Å²) in [5.74, 6) is 0.0172. The Morgan fingerprint density at radius 1 is 0.625 bits per heavy atom. The Kier molecular flexibility index (Phi) is 8.65. The van der Waals surface area contributed by atoms with Gasteiger partial charge in [0.25, 0.3) is 0 Å². The van der Waals surface area contributed by atoms with E-state index in [1.807, 2.05) is 91.0 Å². The fourth-order valence-corrected chi connectivity index (χ4v) is 2.59. The van der Waals surface area contributed by atoms with Crippen molar-refractivity contribution in [2.45, 2.75) is 19.8 Å². The van der Waals surface area contributed by atoms with Gasteiger partial charge in [-0.05, 0) is 16.7 Å².